The van der Waals surface area contributed by atoms with Gasteiger partial charge in [0, 0.05) is 32.4 Å². The van der Waals surface area contributed by atoms with Crippen LogP contribution >= 0.6 is 23.5 Å². The molecular formula is C35H40N2S2. The third-order valence-electron chi connectivity index (χ3n) is 7.24. The molecule has 1 heterocycles. The van der Waals surface area contributed by atoms with E-state index in [1.807, 2.05) is 23.5 Å². The Morgan fingerprint density at radius 1 is 0.513 bits per heavy atom. The van der Waals surface area contributed by atoms with Gasteiger partial charge in [-0.15, -0.1) is 23.5 Å². The molecule has 0 aromatic heterocycles. The second-order valence-electron chi connectivity index (χ2n) is 11.7. The summed E-state index contributed by atoms with van der Waals surface area (Å²) < 4.78 is 0.177. The highest BCUT2D eigenvalue weighted by Crippen LogP contribution is 2.46. The van der Waals surface area contributed by atoms with Gasteiger partial charge in [0.2, 0.25) is 0 Å². The highest BCUT2D eigenvalue weighted by molar-refractivity contribution is 8.01. The quantitative estimate of drug-likeness (QED) is 0.259. The molecule has 0 fully saturated rings. The first-order chi connectivity index (χ1) is 18.8. The van der Waals surface area contributed by atoms with E-state index in [0.29, 0.717) is 0 Å². The number of benzene rings is 4. The normalized spacial score (nSPS) is 21.5. The molecule has 0 saturated heterocycles. The van der Waals surface area contributed by atoms with E-state index >= 15 is 0 Å². The third kappa shape index (κ3) is 7.37. The number of thioether (sulfide) groups is 2. The van der Waals surface area contributed by atoms with Crippen LogP contribution in [0.1, 0.15) is 68.5 Å². The highest BCUT2D eigenvalue weighted by Gasteiger charge is 2.32. The first-order valence-electron chi connectivity index (χ1n) is 13.9. The highest BCUT2D eigenvalue weighted by atomic mass is 32.2. The Labute approximate surface area is 243 Å². The molecule has 2 nitrogen and oxygen atoms in total. The molecule has 0 spiro atoms. The minimum Gasteiger partial charge on any atom is -0.304 e. The zero-order valence-electron chi connectivity index (χ0n) is 23.5. The van der Waals surface area contributed by atoms with E-state index < -0.39 is 0 Å². The zero-order valence-corrected chi connectivity index (χ0v) is 25.1. The zero-order chi connectivity index (χ0) is 27.3. The van der Waals surface area contributed by atoms with Crippen LogP contribution < -0.4 is 10.6 Å². The van der Waals surface area contributed by atoms with Gasteiger partial charge in [0.1, 0.15) is 0 Å². The Morgan fingerprint density at radius 2 is 0.872 bits per heavy atom. The van der Waals surface area contributed by atoms with E-state index in [1.165, 1.54) is 32.0 Å². The largest absolute Gasteiger partial charge is 0.304 e. The summed E-state index contributed by atoms with van der Waals surface area (Å²) in [6, 6.07) is 39.8. The van der Waals surface area contributed by atoms with Crippen LogP contribution in [0.5, 0.6) is 0 Å². The number of nitrogens with one attached hydrogen (secondary N) is 2. The van der Waals surface area contributed by atoms with Crippen molar-refractivity contribution in [3.63, 3.8) is 0 Å². The molecular weight excluding hydrogens is 513 g/mol. The minimum atomic E-state index is 0.0887. The maximum atomic E-state index is 4.00. The van der Waals surface area contributed by atoms with Gasteiger partial charge >= 0.3 is 0 Å². The Balaban J connectivity index is 1.61. The van der Waals surface area contributed by atoms with Gasteiger partial charge in [0.25, 0.3) is 0 Å². The topological polar surface area (TPSA) is 24.1 Å². The molecule has 1 aliphatic heterocycles. The second kappa shape index (κ2) is 12.3. The van der Waals surface area contributed by atoms with Crippen LogP contribution in [0.15, 0.2) is 119 Å². The van der Waals surface area contributed by atoms with Crippen LogP contribution in [0.4, 0.5) is 0 Å². The van der Waals surface area contributed by atoms with Crippen molar-refractivity contribution >= 4 is 23.5 Å². The van der Waals surface area contributed by atoms with E-state index in [9.17, 15) is 0 Å². The van der Waals surface area contributed by atoms with Crippen LogP contribution in [0.2, 0.25) is 0 Å². The first kappa shape index (κ1) is 28.0. The first-order valence-corrected chi connectivity index (χ1v) is 15.5. The summed E-state index contributed by atoms with van der Waals surface area (Å²) in [5.74, 6) is 0. The summed E-state index contributed by atoms with van der Waals surface area (Å²) in [6.45, 7) is 11.2. The summed E-state index contributed by atoms with van der Waals surface area (Å²) in [4.78, 5) is 2.73. The standard InChI is InChI=1S/C35H40N2S2/c1-34(2)25-35(3,4)39-31-22-14-12-20-29(31)24-37-33(27-17-9-6-10-18-27)32(26-15-7-5-8-16-26)36-23-28-19-11-13-21-30(28)38-34/h5-22,32-33,36-37H,23-25H2,1-4H3. The predicted octanol–water partition coefficient (Wildman–Crippen LogP) is 9.19. The van der Waals surface area contributed by atoms with Crippen LogP contribution in [0.3, 0.4) is 0 Å². The second-order valence-corrected chi connectivity index (χ2v) is 15.2. The average molecular weight is 553 g/mol. The summed E-state index contributed by atoms with van der Waals surface area (Å²) in [5.41, 5.74) is 5.29. The molecule has 39 heavy (non-hydrogen) atoms. The van der Waals surface area contributed by atoms with Gasteiger partial charge < -0.3 is 10.6 Å². The molecule has 4 aromatic carbocycles. The molecule has 0 radical (unpaired) electrons. The molecule has 0 saturated carbocycles. The fourth-order valence-corrected chi connectivity index (χ4v) is 8.79. The van der Waals surface area contributed by atoms with Crippen LogP contribution in [-0.2, 0) is 13.1 Å². The number of fused-ring (bicyclic) bond motifs is 2. The SMILES string of the molecule is CC1(C)CC(C)(C)Sc2ccccc2CNC(c2ccccc2)C(c2ccccc2)NCc2ccccc2S1. The molecule has 202 valence electrons. The summed E-state index contributed by atoms with van der Waals surface area (Å²) >= 11 is 4.03. The van der Waals surface area contributed by atoms with E-state index in [2.05, 4.69) is 148 Å². The maximum Gasteiger partial charge on any atom is 0.0521 e. The van der Waals surface area contributed by atoms with Gasteiger partial charge in [-0.2, -0.15) is 0 Å². The molecule has 0 bridgehead atoms. The van der Waals surface area contributed by atoms with Crippen LogP contribution in [0.25, 0.3) is 0 Å². The van der Waals surface area contributed by atoms with Crippen molar-refractivity contribution in [3.8, 4) is 0 Å². The Hall–Kier alpha value is -2.50. The lowest BCUT2D eigenvalue weighted by Crippen LogP contribution is -2.35. The Kier molecular flexibility index (Phi) is 8.88. The lowest BCUT2D eigenvalue weighted by atomic mass is 9.92. The maximum absolute atomic E-state index is 4.00. The molecule has 1 aliphatic rings. The molecule has 0 amide bonds. The van der Waals surface area contributed by atoms with Crippen molar-refractivity contribution in [1.29, 1.82) is 0 Å². The molecule has 4 aromatic rings. The molecule has 2 unspecified atom stereocenters. The third-order valence-corrected chi connectivity index (χ3v) is 9.87. The number of hydrogen-bond donors (Lipinski definition) is 2. The monoisotopic (exact) mass is 552 g/mol. The molecule has 2 atom stereocenters. The fourth-order valence-electron chi connectivity index (χ4n) is 5.81. The molecule has 2 N–H and O–H groups in total. The van der Waals surface area contributed by atoms with Gasteiger partial charge in [-0.1, -0.05) is 125 Å². The van der Waals surface area contributed by atoms with Crippen molar-refractivity contribution in [3.05, 3.63) is 131 Å². The van der Waals surface area contributed by atoms with E-state index in [0.717, 1.165) is 19.5 Å². The minimum absolute atomic E-state index is 0.0887. The van der Waals surface area contributed by atoms with Gasteiger partial charge in [0.05, 0.1) is 12.1 Å². The smallest absolute Gasteiger partial charge is 0.0521 e. The lowest BCUT2D eigenvalue weighted by Gasteiger charge is -2.35. The van der Waals surface area contributed by atoms with Gasteiger partial charge in [-0.05, 0) is 40.8 Å². The average Bonchev–Trinajstić information content (AvgIpc) is 2.92. The fraction of sp³-hybridized carbons (Fsp3) is 0.314. The summed E-state index contributed by atoms with van der Waals surface area (Å²) in [6.07, 6.45) is 1.10. The van der Waals surface area contributed by atoms with E-state index in [1.54, 1.807) is 0 Å². The van der Waals surface area contributed by atoms with Crippen molar-refractivity contribution in [2.24, 2.45) is 0 Å². The molecule has 4 heteroatoms. The number of hydrogen-bond acceptors (Lipinski definition) is 4. The van der Waals surface area contributed by atoms with Crippen molar-refractivity contribution in [2.75, 3.05) is 0 Å². The van der Waals surface area contributed by atoms with E-state index in [-0.39, 0.29) is 21.6 Å². The van der Waals surface area contributed by atoms with Crippen molar-refractivity contribution in [2.45, 2.75) is 78.6 Å². The summed E-state index contributed by atoms with van der Waals surface area (Å²) in [5, 5.41) is 7.99. The Morgan fingerprint density at radius 3 is 1.28 bits per heavy atom. The van der Waals surface area contributed by atoms with Crippen molar-refractivity contribution in [1.82, 2.24) is 10.6 Å². The lowest BCUT2D eigenvalue weighted by molar-refractivity contribution is 0.379. The number of rotatable bonds is 2. The van der Waals surface area contributed by atoms with Gasteiger partial charge in [-0.25, -0.2) is 0 Å². The predicted molar refractivity (Wildman–Crippen MR) is 169 cm³/mol. The summed E-state index contributed by atoms with van der Waals surface area (Å²) in [7, 11) is 0. The van der Waals surface area contributed by atoms with Crippen LogP contribution in [-0.4, -0.2) is 9.49 Å². The molecule has 0 aliphatic carbocycles. The van der Waals surface area contributed by atoms with E-state index in [4.69, 9.17) is 0 Å². The molecule has 5 rings (SSSR count). The van der Waals surface area contributed by atoms with Gasteiger partial charge in [-0.3, -0.25) is 0 Å². The van der Waals surface area contributed by atoms with Gasteiger partial charge in [0.15, 0.2) is 0 Å². The Bertz CT molecular complexity index is 1250. The van der Waals surface area contributed by atoms with Crippen molar-refractivity contribution < 1.29 is 0 Å². The van der Waals surface area contributed by atoms with Crippen LogP contribution in [0, 0.1) is 0 Å².